The summed E-state index contributed by atoms with van der Waals surface area (Å²) in [7, 11) is 2.19. The summed E-state index contributed by atoms with van der Waals surface area (Å²) >= 11 is 0. The smallest absolute Gasteiger partial charge is 0.118 e. The molecule has 3 rings (SSSR count). The van der Waals surface area contributed by atoms with Crippen LogP contribution < -0.4 is 5.32 Å². The van der Waals surface area contributed by atoms with E-state index in [9.17, 15) is 0 Å². The monoisotopic (exact) mass is 249 g/mol. The molecule has 0 radical (unpaired) electrons. The first-order valence-electron chi connectivity index (χ1n) is 7.01. The fourth-order valence-corrected chi connectivity index (χ4v) is 2.36. The topological polar surface area (TPSA) is 31.6 Å². The van der Waals surface area contributed by atoms with Crippen LogP contribution in [0.4, 0.5) is 0 Å². The molecule has 1 aromatic heterocycles. The van der Waals surface area contributed by atoms with Gasteiger partial charge in [-0.15, -0.1) is 0 Å². The van der Waals surface area contributed by atoms with Gasteiger partial charge in [0.05, 0.1) is 13.1 Å². The molecule has 1 saturated heterocycles. The number of nitrogens with one attached hydrogen (secondary N) is 1. The molecule has 1 aliphatic carbocycles. The van der Waals surface area contributed by atoms with Crippen molar-refractivity contribution in [1.29, 1.82) is 0 Å². The van der Waals surface area contributed by atoms with Gasteiger partial charge in [-0.3, -0.25) is 4.90 Å². The van der Waals surface area contributed by atoms with Crippen molar-refractivity contribution in [2.24, 2.45) is 0 Å². The van der Waals surface area contributed by atoms with Gasteiger partial charge in [-0.2, -0.15) is 0 Å². The largest absolute Gasteiger partial charge is 0.463 e. The van der Waals surface area contributed by atoms with Crippen LogP contribution in [0.15, 0.2) is 16.5 Å². The van der Waals surface area contributed by atoms with E-state index < -0.39 is 0 Å². The van der Waals surface area contributed by atoms with Crippen LogP contribution in [0.5, 0.6) is 0 Å². The molecule has 4 heteroatoms. The summed E-state index contributed by atoms with van der Waals surface area (Å²) in [5, 5.41) is 3.48. The highest BCUT2D eigenvalue weighted by Gasteiger charge is 2.20. The summed E-state index contributed by atoms with van der Waals surface area (Å²) < 4.78 is 5.87. The van der Waals surface area contributed by atoms with E-state index in [2.05, 4.69) is 34.3 Å². The molecule has 2 heterocycles. The maximum atomic E-state index is 5.87. The van der Waals surface area contributed by atoms with Crippen molar-refractivity contribution in [3.05, 3.63) is 23.7 Å². The summed E-state index contributed by atoms with van der Waals surface area (Å²) in [5.74, 6) is 2.18. The Bertz CT molecular complexity index is 378. The Hall–Kier alpha value is -0.840. The van der Waals surface area contributed by atoms with Gasteiger partial charge in [0.2, 0.25) is 0 Å². The van der Waals surface area contributed by atoms with Gasteiger partial charge >= 0.3 is 0 Å². The van der Waals surface area contributed by atoms with Crippen molar-refractivity contribution >= 4 is 0 Å². The Morgan fingerprint density at radius 2 is 1.89 bits per heavy atom. The molecule has 0 atom stereocenters. The number of nitrogens with zero attached hydrogens (tertiary/aromatic N) is 2. The van der Waals surface area contributed by atoms with E-state index in [0.29, 0.717) is 0 Å². The molecule has 2 fully saturated rings. The van der Waals surface area contributed by atoms with Crippen LogP contribution in [-0.2, 0) is 13.1 Å². The van der Waals surface area contributed by atoms with Gasteiger partial charge in [0, 0.05) is 32.2 Å². The first-order chi connectivity index (χ1) is 8.79. The van der Waals surface area contributed by atoms with Crippen LogP contribution in [0, 0.1) is 0 Å². The van der Waals surface area contributed by atoms with E-state index in [1.807, 2.05) is 0 Å². The summed E-state index contributed by atoms with van der Waals surface area (Å²) in [5.41, 5.74) is 0. The minimum atomic E-state index is 0.746. The van der Waals surface area contributed by atoms with Gasteiger partial charge in [-0.05, 0) is 32.0 Å². The third-order valence-corrected chi connectivity index (χ3v) is 3.83. The van der Waals surface area contributed by atoms with E-state index in [-0.39, 0.29) is 0 Å². The molecule has 2 aliphatic rings. The fraction of sp³-hybridized carbons (Fsp3) is 0.714. The molecule has 1 saturated carbocycles. The first kappa shape index (κ1) is 12.2. The minimum absolute atomic E-state index is 0.746. The highest BCUT2D eigenvalue weighted by atomic mass is 16.3. The highest BCUT2D eigenvalue weighted by molar-refractivity contribution is 5.07. The summed E-state index contributed by atoms with van der Waals surface area (Å²) in [6, 6.07) is 4.99. The Morgan fingerprint density at radius 3 is 2.61 bits per heavy atom. The van der Waals surface area contributed by atoms with Crippen molar-refractivity contribution in [3.8, 4) is 0 Å². The molecule has 0 unspecified atom stereocenters. The van der Waals surface area contributed by atoms with Crippen LogP contribution in [0.3, 0.4) is 0 Å². The van der Waals surface area contributed by atoms with Crippen LogP contribution in [0.25, 0.3) is 0 Å². The minimum Gasteiger partial charge on any atom is -0.463 e. The molecule has 18 heavy (non-hydrogen) atoms. The lowest BCUT2D eigenvalue weighted by atomic mass is 10.3. The highest BCUT2D eigenvalue weighted by Crippen LogP contribution is 2.20. The zero-order valence-electron chi connectivity index (χ0n) is 11.2. The molecule has 1 aromatic rings. The van der Waals surface area contributed by atoms with Gasteiger partial charge < -0.3 is 14.6 Å². The van der Waals surface area contributed by atoms with Crippen molar-refractivity contribution < 1.29 is 4.42 Å². The molecule has 1 N–H and O–H groups in total. The third kappa shape index (κ3) is 3.34. The standard InChI is InChI=1S/C14H23N3O/c1-16-6-8-17(9-7-16)11-14-5-4-13(18-14)10-15-12-2-3-12/h4-5,12,15H,2-3,6-11H2,1H3. The lowest BCUT2D eigenvalue weighted by molar-refractivity contribution is 0.139. The Labute approximate surface area is 109 Å². The predicted octanol–water partition coefficient (Wildman–Crippen LogP) is 1.28. The number of furan rings is 1. The number of likely N-dealkylation sites (N-methyl/N-ethyl adjacent to an activating group) is 1. The van der Waals surface area contributed by atoms with Crippen molar-refractivity contribution in [1.82, 2.24) is 15.1 Å². The van der Waals surface area contributed by atoms with Crippen molar-refractivity contribution in [2.45, 2.75) is 32.0 Å². The predicted molar refractivity (Wildman–Crippen MR) is 71.3 cm³/mol. The van der Waals surface area contributed by atoms with E-state index in [4.69, 9.17) is 4.42 Å². The second kappa shape index (κ2) is 5.43. The average molecular weight is 249 g/mol. The van der Waals surface area contributed by atoms with Gasteiger partial charge in [0.1, 0.15) is 11.5 Å². The van der Waals surface area contributed by atoms with Crippen LogP contribution in [0.2, 0.25) is 0 Å². The molecule has 0 amide bonds. The van der Waals surface area contributed by atoms with Crippen molar-refractivity contribution in [2.75, 3.05) is 33.2 Å². The summed E-state index contributed by atoms with van der Waals surface area (Å²) in [4.78, 5) is 4.85. The SMILES string of the molecule is CN1CCN(Cc2ccc(CNC3CC3)o2)CC1. The van der Waals surface area contributed by atoms with Crippen LogP contribution in [-0.4, -0.2) is 49.1 Å². The van der Waals surface area contributed by atoms with Crippen LogP contribution >= 0.6 is 0 Å². The molecular weight excluding hydrogens is 226 g/mol. The van der Waals surface area contributed by atoms with E-state index in [1.165, 1.54) is 12.8 Å². The third-order valence-electron chi connectivity index (χ3n) is 3.83. The van der Waals surface area contributed by atoms with Gasteiger partial charge in [-0.1, -0.05) is 0 Å². The zero-order valence-corrected chi connectivity index (χ0v) is 11.2. The van der Waals surface area contributed by atoms with Gasteiger partial charge in [-0.25, -0.2) is 0 Å². The second-order valence-electron chi connectivity index (χ2n) is 5.60. The lowest BCUT2D eigenvalue weighted by Gasteiger charge is -2.31. The molecule has 0 bridgehead atoms. The van der Waals surface area contributed by atoms with E-state index in [0.717, 1.165) is 56.8 Å². The Morgan fingerprint density at radius 1 is 1.17 bits per heavy atom. The molecule has 0 spiro atoms. The average Bonchev–Trinajstić information content (AvgIpc) is 3.10. The Balaban J connectivity index is 1.46. The quantitative estimate of drug-likeness (QED) is 0.852. The maximum absolute atomic E-state index is 5.87. The lowest BCUT2D eigenvalue weighted by Crippen LogP contribution is -2.43. The number of rotatable bonds is 5. The number of hydrogen-bond acceptors (Lipinski definition) is 4. The maximum Gasteiger partial charge on any atom is 0.118 e. The number of piperazine rings is 1. The Kier molecular flexibility index (Phi) is 3.68. The summed E-state index contributed by atoms with van der Waals surface area (Å²) in [6.07, 6.45) is 2.66. The number of hydrogen-bond donors (Lipinski definition) is 1. The zero-order chi connectivity index (χ0) is 12.4. The van der Waals surface area contributed by atoms with Crippen LogP contribution in [0.1, 0.15) is 24.4 Å². The fourth-order valence-electron chi connectivity index (χ4n) is 2.36. The molecule has 1 aliphatic heterocycles. The molecule has 0 aromatic carbocycles. The normalized spacial score (nSPS) is 22.5. The van der Waals surface area contributed by atoms with Crippen molar-refractivity contribution in [3.63, 3.8) is 0 Å². The van der Waals surface area contributed by atoms with E-state index >= 15 is 0 Å². The second-order valence-corrected chi connectivity index (χ2v) is 5.60. The first-order valence-corrected chi connectivity index (χ1v) is 7.01. The molecule has 4 nitrogen and oxygen atoms in total. The molecule has 100 valence electrons. The summed E-state index contributed by atoms with van der Waals surface area (Å²) in [6.45, 7) is 6.46. The van der Waals surface area contributed by atoms with E-state index in [1.54, 1.807) is 0 Å². The molecular formula is C14H23N3O. The van der Waals surface area contributed by atoms with Gasteiger partial charge in [0.25, 0.3) is 0 Å². The van der Waals surface area contributed by atoms with Gasteiger partial charge in [0.15, 0.2) is 0 Å².